The predicted molar refractivity (Wildman–Crippen MR) is 96.8 cm³/mol. The van der Waals surface area contributed by atoms with Crippen molar-refractivity contribution in [3.63, 3.8) is 0 Å². The standard InChI is InChI=1S/C19H19ClN2O3/c1-19(2,18(23)24)25-12-16-15-10-14(20)8-9-17(15)22(21-16)11-13-6-4-3-5-7-13/h3-10H,11-12H2,1-2H3,(H,23,24). The van der Waals surface area contributed by atoms with Crippen molar-refractivity contribution >= 4 is 28.5 Å². The first kappa shape index (κ1) is 17.5. The van der Waals surface area contributed by atoms with Crippen molar-refractivity contribution < 1.29 is 14.6 Å². The van der Waals surface area contributed by atoms with Gasteiger partial charge in [0.25, 0.3) is 0 Å². The number of fused-ring (bicyclic) bond motifs is 1. The van der Waals surface area contributed by atoms with Crippen molar-refractivity contribution in [2.45, 2.75) is 32.6 Å². The molecule has 3 rings (SSSR count). The van der Waals surface area contributed by atoms with Crippen LogP contribution in [0.4, 0.5) is 0 Å². The second-order valence-electron chi connectivity index (χ2n) is 6.36. The van der Waals surface area contributed by atoms with Crippen LogP contribution in [0, 0.1) is 0 Å². The number of benzene rings is 2. The fourth-order valence-electron chi connectivity index (χ4n) is 2.51. The summed E-state index contributed by atoms with van der Waals surface area (Å²) < 4.78 is 7.45. The molecule has 5 nitrogen and oxygen atoms in total. The zero-order valence-corrected chi connectivity index (χ0v) is 14.8. The van der Waals surface area contributed by atoms with Crippen LogP contribution < -0.4 is 0 Å². The summed E-state index contributed by atoms with van der Waals surface area (Å²) >= 11 is 6.13. The molecule has 1 N–H and O–H groups in total. The summed E-state index contributed by atoms with van der Waals surface area (Å²) in [7, 11) is 0. The molecule has 0 aliphatic carbocycles. The highest BCUT2D eigenvalue weighted by atomic mass is 35.5. The van der Waals surface area contributed by atoms with E-state index in [9.17, 15) is 9.90 Å². The highest BCUT2D eigenvalue weighted by Gasteiger charge is 2.28. The van der Waals surface area contributed by atoms with E-state index in [1.54, 1.807) is 0 Å². The number of halogens is 1. The van der Waals surface area contributed by atoms with Crippen LogP contribution >= 0.6 is 11.6 Å². The number of carboxylic acid groups (broad SMARTS) is 1. The number of hydrogen-bond donors (Lipinski definition) is 1. The second kappa shape index (κ2) is 6.86. The van der Waals surface area contributed by atoms with Gasteiger partial charge in [-0.2, -0.15) is 5.10 Å². The molecule has 0 bridgehead atoms. The van der Waals surface area contributed by atoms with Crippen molar-refractivity contribution in [2.24, 2.45) is 0 Å². The lowest BCUT2D eigenvalue weighted by molar-refractivity contribution is -0.162. The summed E-state index contributed by atoms with van der Waals surface area (Å²) in [6.07, 6.45) is 0. The number of nitrogens with zero attached hydrogens (tertiary/aromatic N) is 2. The molecule has 0 unspecified atom stereocenters. The van der Waals surface area contributed by atoms with E-state index in [0.29, 0.717) is 17.3 Å². The summed E-state index contributed by atoms with van der Waals surface area (Å²) in [6, 6.07) is 15.6. The van der Waals surface area contributed by atoms with E-state index in [0.717, 1.165) is 16.5 Å². The first-order chi connectivity index (χ1) is 11.9. The molecule has 0 aliphatic heterocycles. The monoisotopic (exact) mass is 358 g/mol. The highest BCUT2D eigenvalue weighted by molar-refractivity contribution is 6.31. The predicted octanol–water partition coefficient (Wildman–Crippen LogP) is 4.12. The fourth-order valence-corrected chi connectivity index (χ4v) is 2.68. The van der Waals surface area contributed by atoms with Crippen LogP contribution in [-0.4, -0.2) is 26.5 Å². The normalized spacial score (nSPS) is 11.8. The Bertz CT molecular complexity index is 904. The van der Waals surface area contributed by atoms with E-state index in [1.165, 1.54) is 13.8 Å². The summed E-state index contributed by atoms with van der Waals surface area (Å²) in [5.74, 6) is -1.02. The van der Waals surface area contributed by atoms with Gasteiger partial charge in [0.15, 0.2) is 5.60 Å². The van der Waals surface area contributed by atoms with Crippen LogP contribution in [0.15, 0.2) is 48.5 Å². The summed E-state index contributed by atoms with van der Waals surface area (Å²) in [6.45, 7) is 3.75. The number of aromatic nitrogens is 2. The molecule has 0 amide bonds. The fraction of sp³-hybridized carbons (Fsp3) is 0.263. The minimum absolute atomic E-state index is 0.0952. The van der Waals surface area contributed by atoms with Crippen molar-refractivity contribution in [1.82, 2.24) is 9.78 Å². The Balaban J connectivity index is 1.95. The third-order valence-electron chi connectivity index (χ3n) is 4.05. The average molecular weight is 359 g/mol. The summed E-state index contributed by atoms with van der Waals surface area (Å²) in [5, 5.41) is 15.3. The molecule has 0 radical (unpaired) electrons. The number of hydrogen-bond acceptors (Lipinski definition) is 3. The second-order valence-corrected chi connectivity index (χ2v) is 6.79. The number of ether oxygens (including phenoxy) is 1. The maximum Gasteiger partial charge on any atom is 0.335 e. The smallest absolute Gasteiger partial charge is 0.335 e. The molecule has 1 aromatic heterocycles. The van der Waals surface area contributed by atoms with Crippen molar-refractivity contribution in [1.29, 1.82) is 0 Å². The van der Waals surface area contributed by atoms with Gasteiger partial charge < -0.3 is 9.84 Å². The molecule has 1 heterocycles. The number of carboxylic acids is 1. The number of rotatable bonds is 6. The van der Waals surface area contributed by atoms with Crippen LogP contribution in [0.5, 0.6) is 0 Å². The van der Waals surface area contributed by atoms with Gasteiger partial charge in [-0.15, -0.1) is 0 Å². The van der Waals surface area contributed by atoms with Gasteiger partial charge in [0.05, 0.1) is 24.4 Å². The molecule has 25 heavy (non-hydrogen) atoms. The van der Waals surface area contributed by atoms with E-state index < -0.39 is 11.6 Å². The average Bonchev–Trinajstić information content (AvgIpc) is 2.91. The Morgan fingerprint density at radius 2 is 1.96 bits per heavy atom. The van der Waals surface area contributed by atoms with Gasteiger partial charge in [0, 0.05) is 10.4 Å². The topological polar surface area (TPSA) is 64.4 Å². The van der Waals surface area contributed by atoms with Gasteiger partial charge >= 0.3 is 5.97 Å². The molecule has 3 aromatic rings. The highest BCUT2D eigenvalue weighted by Crippen LogP contribution is 2.25. The van der Waals surface area contributed by atoms with Crippen molar-refractivity contribution in [3.05, 3.63) is 64.8 Å². The first-order valence-corrected chi connectivity index (χ1v) is 8.31. The molecule has 0 fully saturated rings. The quantitative estimate of drug-likeness (QED) is 0.720. The Kier molecular flexibility index (Phi) is 4.79. The lowest BCUT2D eigenvalue weighted by Gasteiger charge is -2.19. The van der Waals surface area contributed by atoms with E-state index >= 15 is 0 Å². The summed E-state index contributed by atoms with van der Waals surface area (Å²) in [4.78, 5) is 11.2. The molecule has 6 heteroatoms. The molecule has 0 aliphatic rings. The molecule has 2 aromatic carbocycles. The van der Waals surface area contributed by atoms with E-state index in [4.69, 9.17) is 16.3 Å². The molecule has 0 spiro atoms. The van der Waals surface area contributed by atoms with Crippen molar-refractivity contribution in [2.75, 3.05) is 0 Å². The largest absolute Gasteiger partial charge is 0.479 e. The zero-order valence-electron chi connectivity index (χ0n) is 14.1. The molecule has 0 saturated carbocycles. The lowest BCUT2D eigenvalue weighted by Crippen LogP contribution is -2.34. The third-order valence-corrected chi connectivity index (χ3v) is 4.28. The number of aliphatic carboxylic acids is 1. The molecular formula is C19H19ClN2O3. The van der Waals surface area contributed by atoms with Gasteiger partial charge in [-0.1, -0.05) is 41.9 Å². The van der Waals surface area contributed by atoms with Crippen LogP contribution in [-0.2, 0) is 22.7 Å². The summed E-state index contributed by atoms with van der Waals surface area (Å²) in [5.41, 5.74) is 1.44. The Labute approximate surface area is 150 Å². The lowest BCUT2D eigenvalue weighted by atomic mass is 10.1. The Hall–Kier alpha value is -2.37. The zero-order chi connectivity index (χ0) is 18.0. The van der Waals surface area contributed by atoms with Gasteiger partial charge in [-0.05, 0) is 37.6 Å². The van der Waals surface area contributed by atoms with Crippen LogP contribution in [0.1, 0.15) is 25.1 Å². The van der Waals surface area contributed by atoms with Gasteiger partial charge in [-0.3, -0.25) is 4.68 Å². The molecule has 130 valence electrons. The number of carbonyl (C=O) groups is 1. The molecule has 0 atom stereocenters. The van der Waals surface area contributed by atoms with Crippen molar-refractivity contribution in [3.8, 4) is 0 Å². The van der Waals surface area contributed by atoms with Gasteiger partial charge in [0.2, 0.25) is 0 Å². The third kappa shape index (κ3) is 3.83. The maximum atomic E-state index is 11.2. The molecule has 0 saturated heterocycles. The van der Waals surface area contributed by atoms with Crippen LogP contribution in [0.25, 0.3) is 10.9 Å². The van der Waals surface area contributed by atoms with Gasteiger partial charge in [-0.25, -0.2) is 4.79 Å². The Morgan fingerprint density at radius 1 is 1.24 bits per heavy atom. The maximum absolute atomic E-state index is 11.2. The van der Waals surface area contributed by atoms with E-state index in [2.05, 4.69) is 5.10 Å². The van der Waals surface area contributed by atoms with Crippen LogP contribution in [0.3, 0.4) is 0 Å². The van der Waals surface area contributed by atoms with E-state index in [-0.39, 0.29) is 6.61 Å². The first-order valence-electron chi connectivity index (χ1n) is 7.93. The van der Waals surface area contributed by atoms with Crippen LogP contribution in [0.2, 0.25) is 5.02 Å². The Morgan fingerprint density at radius 3 is 2.64 bits per heavy atom. The molecular weight excluding hydrogens is 340 g/mol. The van der Waals surface area contributed by atoms with E-state index in [1.807, 2.05) is 53.2 Å². The minimum atomic E-state index is -1.28. The minimum Gasteiger partial charge on any atom is -0.479 e. The SMILES string of the molecule is CC(C)(OCc1nn(Cc2ccccc2)c2ccc(Cl)cc12)C(=O)O. The van der Waals surface area contributed by atoms with Gasteiger partial charge in [0.1, 0.15) is 0 Å².